The Morgan fingerprint density at radius 2 is 1.86 bits per heavy atom. The van der Waals surface area contributed by atoms with Crippen molar-refractivity contribution in [3.05, 3.63) is 77.6 Å². The number of rotatable bonds is 7. The van der Waals surface area contributed by atoms with E-state index in [9.17, 15) is 9.59 Å². The fourth-order valence-electron chi connectivity index (χ4n) is 2.55. The molecule has 0 radical (unpaired) electrons. The lowest BCUT2D eigenvalue weighted by atomic mass is 10.1. The van der Waals surface area contributed by atoms with Crippen molar-refractivity contribution >= 4 is 18.1 Å². The first-order valence-electron chi connectivity index (χ1n) is 8.95. The minimum atomic E-state index is -0.385. The average molecular weight is 392 g/mol. The molecule has 0 spiro atoms. The summed E-state index contributed by atoms with van der Waals surface area (Å²) in [5, 5.41) is 3.91. The highest BCUT2D eigenvalue weighted by Crippen LogP contribution is 2.23. The van der Waals surface area contributed by atoms with Crippen LogP contribution in [-0.4, -0.2) is 31.8 Å². The maximum absolute atomic E-state index is 12.1. The van der Waals surface area contributed by atoms with Crippen LogP contribution in [0.15, 0.2) is 70.2 Å². The van der Waals surface area contributed by atoms with Gasteiger partial charge in [0.1, 0.15) is 17.3 Å². The first-order valence-corrected chi connectivity index (χ1v) is 8.95. The molecule has 0 unspecified atom stereocenters. The third-order valence-corrected chi connectivity index (χ3v) is 4.00. The van der Waals surface area contributed by atoms with Crippen molar-refractivity contribution in [2.24, 2.45) is 5.10 Å². The number of carbonyl (C=O) groups is 2. The van der Waals surface area contributed by atoms with Crippen molar-refractivity contribution in [2.45, 2.75) is 6.92 Å². The van der Waals surface area contributed by atoms with Gasteiger partial charge in [-0.25, -0.2) is 10.2 Å². The van der Waals surface area contributed by atoms with E-state index in [-0.39, 0.29) is 11.9 Å². The zero-order valence-electron chi connectivity index (χ0n) is 16.0. The van der Waals surface area contributed by atoms with Crippen molar-refractivity contribution < 1.29 is 23.5 Å². The number of benzene rings is 2. The van der Waals surface area contributed by atoms with Crippen LogP contribution in [0, 0.1) is 0 Å². The summed E-state index contributed by atoms with van der Waals surface area (Å²) in [7, 11) is 1.56. The molecule has 7 heteroatoms. The van der Waals surface area contributed by atoms with Crippen LogP contribution in [0.5, 0.6) is 5.75 Å². The normalized spacial score (nSPS) is 10.7. The van der Waals surface area contributed by atoms with Gasteiger partial charge in [0.15, 0.2) is 0 Å². The quantitative estimate of drug-likeness (QED) is 0.374. The molecular weight excluding hydrogens is 372 g/mol. The highest BCUT2D eigenvalue weighted by molar-refractivity contribution is 5.95. The Labute approximate surface area is 167 Å². The summed E-state index contributed by atoms with van der Waals surface area (Å²) < 4.78 is 15.8. The molecule has 1 heterocycles. The van der Waals surface area contributed by atoms with Gasteiger partial charge in [0.25, 0.3) is 5.91 Å². The first-order chi connectivity index (χ1) is 14.1. The van der Waals surface area contributed by atoms with E-state index in [2.05, 4.69) is 10.5 Å². The van der Waals surface area contributed by atoms with Crippen LogP contribution in [0.3, 0.4) is 0 Å². The van der Waals surface area contributed by atoms with Gasteiger partial charge < -0.3 is 13.9 Å². The second-order valence-corrected chi connectivity index (χ2v) is 5.93. The van der Waals surface area contributed by atoms with E-state index >= 15 is 0 Å². The van der Waals surface area contributed by atoms with E-state index in [1.807, 2.05) is 6.07 Å². The summed E-state index contributed by atoms with van der Waals surface area (Å²) in [5.74, 6) is 0.956. The maximum Gasteiger partial charge on any atom is 0.338 e. The Bertz CT molecular complexity index is 1020. The van der Waals surface area contributed by atoms with Crippen LogP contribution in [0.4, 0.5) is 0 Å². The molecule has 2 aromatic carbocycles. The van der Waals surface area contributed by atoms with Crippen molar-refractivity contribution in [2.75, 3.05) is 13.7 Å². The second kappa shape index (κ2) is 9.36. The molecule has 0 fully saturated rings. The van der Waals surface area contributed by atoms with Crippen molar-refractivity contribution in [1.82, 2.24) is 5.43 Å². The molecule has 148 valence electrons. The second-order valence-electron chi connectivity index (χ2n) is 5.93. The number of carbonyl (C=O) groups excluding carboxylic acids is 2. The molecule has 1 N–H and O–H groups in total. The van der Waals surface area contributed by atoms with Crippen LogP contribution in [0.1, 0.15) is 33.4 Å². The summed E-state index contributed by atoms with van der Waals surface area (Å²) in [4.78, 5) is 23.9. The number of amides is 1. The van der Waals surface area contributed by atoms with E-state index in [0.717, 1.165) is 5.56 Å². The monoisotopic (exact) mass is 392 g/mol. The lowest BCUT2D eigenvalue weighted by Gasteiger charge is -2.03. The predicted molar refractivity (Wildman–Crippen MR) is 108 cm³/mol. The van der Waals surface area contributed by atoms with Crippen molar-refractivity contribution in [3.63, 3.8) is 0 Å². The van der Waals surface area contributed by atoms with E-state index < -0.39 is 0 Å². The minimum absolute atomic E-state index is 0.312. The summed E-state index contributed by atoms with van der Waals surface area (Å²) >= 11 is 0. The van der Waals surface area contributed by atoms with Gasteiger partial charge in [-0.1, -0.05) is 12.1 Å². The fourth-order valence-corrected chi connectivity index (χ4v) is 2.55. The van der Waals surface area contributed by atoms with Crippen LogP contribution in [0.2, 0.25) is 0 Å². The van der Waals surface area contributed by atoms with Gasteiger partial charge in [0, 0.05) is 11.1 Å². The molecule has 3 rings (SSSR count). The van der Waals surface area contributed by atoms with Gasteiger partial charge in [-0.2, -0.15) is 5.10 Å². The molecule has 0 aliphatic heterocycles. The number of hydrogen-bond donors (Lipinski definition) is 1. The summed E-state index contributed by atoms with van der Waals surface area (Å²) in [6, 6.07) is 17.1. The first kappa shape index (κ1) is 19.9. The number of hydrazone groups is 1. The topological polar surface area (TPSA) is 90.1 Å². The van der Waals surface area contributed by atoms with Gasteiger partial charge in [-0.05, 0) is 55.5 Å². The number of furan rings is 1. The van der Waals surface area contributed by atoms with Gasteiger partial charge in [-0.3, -0.25) is 4.79 Å². The Morgan fingerprint density at radius 1 is 1.07 bits per heavy atom. The fraction of sp³-hybridized carbons (Fsp3) is 0.136. The molecule has 0 saturated heterocycles. The highest BCUT2D eigenvalue weighted by atomic mass is 16.5. The van der Waals surface area contributed by atoms with Crippen LogP contribution in [0.25, 0.3) is 11.3 Å². The Balaban J connectivity index is 1.64. The number of esters is 1. The number of methoxy groups -OCH3 is 1. The summed E-state index contributed by atoms with van der Waals surface area (Å²) in [6.07, 6.45) is 1.40. The lowest BCUT2D eigenvalue weighted by molar-refractivity contribution is 0.0526. The molecule has 1 amide bonds. The van der Waals surface area contributed by atoms with Gasteiger partial charge in [0.2, 0.25) is 0 Å². The number of ether oxygens (including phenoxy) is 2. The smallest absolute Gasteiger partial charge is 0.338 e. The summed E-state index contributed by atoms with van der Waals surface area (Å²) in [5.41, 5.74) is 4.08. The molecule has 7 nitrogen and oxygen atoms in total. The largest absolute Gasteiger partial charge is 0.497 e. The molecule has 0 aliphatic carbocycles. The molecule has 0 atom stereocenters. The van der Waals surface area contributed by atoms with Crippen LogP contribution >= 0.6 is 0 Å². The van der Waals surface area contributed by atoms with E-state index in [0.29, 0.717) is 35.0 Å². The Morgan fingerprint density at radius 3 is 2.59 bits per heavy atom. The molecule has 1 aromatic heterocycles. The molecule has 0 saturated carbocycles. The van der Waals surface area contributed by atoms with Crippen LogP contribution in [-0.2, 0) is 4.74 Å². The Kier molecular flexibility index (Phi) is 6.42. The minimum Gasteiger partial charge on any atom is -0.497 e. The predicted octanol–water partition coefficient (Wildman–Crippen LogP) is 3.90. The average Bonchev–Trinajstić information content (AvgIpc) is 3.23. The van der Waals surface area contributed by atoms with E-state index in [4.69, 9.17) is 13.9 Å². The number of nitrogens with one attached hydrogen (secondary N) is 1. The third kappa shape index (κ3) is 5.10. The molecular formula is C22H20N2O5. The van der Waals surface area contributed by atoms with Gasteiger partial charge >= 0.3 is 5.97 Å². The number of hydrogen-bond acceptors (Lipinski definition) is 6. The van der Waals surface area contributed by atoms with Crippen molar-refractivity contribution in [3.8, 4) is 17.1 Å². The van der Waals surface area contributed by atoms with E-state index in [1.165, 1.54) is 6.21 Å². The molecule has 0 aliphatic rings. The number of nitrogens with zero attached hydrogens (tertiary/aromatic N) is 1. The standard InChI is InChI=1S/C22H20N2O5/c1-3-28-22(26)17-6-4-5-16(13-17)20-12-11-19(29-20)14-23-24-21(25)15-7-9-18(27-2)10-8-15/h4-14H,3H2,1-2H3,(H,24,25)/b23-14-. The van der Waals surface area contributed by atoms with Gasteiger partial charge in [0.05, 0.1) is 25.5 Å². The molecule has 3 aromatic rings. The third-order valence-electron chi connectivity index (χ3n) is 4.00. The lowest BCUT2D eigenvalue weighted by Crippen LogP contribution is -2.17. The summed E-state index contributed by atoms with van der Waals surface area (Å²) in [6.45, 7) is 2.07. The molecule has 0 bridgehead atoms. The molecule has 29 heavy (non-hydrogen) atoms. The SMILES string of the molecule is CCOC(=O)c1cccc(-c2ccc(/C=N\NC(=O)c3ccc(OC)cc3)o2)c1. The maximum atomic E-state index is 12.1. The van der Waals surface area contributed by atoms with Crippen LogP contribution < -0.4 is 10.2 Å². The zero-order chi connectivity index (χ0) is 20.6. The zero-order valence-corrected chi connectivity index (χ0v) is 16.0. The Hall–Kier alpha value is -3.87. The van der Waals surface area contributed by atoms with Crippen molar-refractivity contribution in [1.29, 1.82) is 0 Å². The van der Waals surface area contributed by atoms with E-state index in [1.54, 1.807) is 68.6 Å². The highest BCUT2D eigenvalue weighted by Gasteiger charge is 2.10. The van der Waals surface area contributed by atoms with Gasteiger partial charge in [-0.15, -0.1) is 0 Å².